The molecular formula is C8H8N2S. The van der Waals surface area contributed by atoms with E-state index in [0.717, 1.165) is 5.88 Å². The third-order valence-corrected chi connectivity index (χ3v) is 2.18. The second-order valence-electron chi connectivity index (χ2n) is 2.28. The van der Waals surface area contributed by atoms with Gasteiger partial charge >= 0.3 is 0 Å². The highest BCUT2D eigenvalue weighted by molar-refractivity contribution is 7.98. The predicted octanol–water partition coefficient (Wildman–Crippen LogP) is 2.14. The Hall–Kier alpha value is -0.960. The summed E-state index contributed by atoms with van der Waals surface area (Å²) in [5.41, 5.74) is 1.21. The summed E-state index contributed by atoms with van der Waals surface area (Å²) in [6, 6.07) is 10.2. The van der Waals surface area contributed by atoms with E-state index in [2.05, 4.69) is 21.4 Å². The standard InChI is InChI=1S/C8H8N2S/c1-2-4-8(5-3-1)10-6-9-11-7-10/h1-6H,7H2. The first-order chi connectivity index (χ1) is 5.47. The van der Waals surface area contributed by atoms with Crippen molar-refractivity contribution in [2.45, 2.75) is 0 Å². The van der Waals surface area contributed by atoms with Gasteiger partial charge in [-0.1, -0.05) is 18.2 Å². The normalized spacial score (nSPS) is 15.8. The molecule has 1 aromatic rings. The number of anilines is 1. The lowest BCUT2D eigenvalue weighted by molar-refractivity contribution is 1.28. The molecule has 1 aromatic carbocycles. The van der Waals surface area contributed by atoms with E-state index in [1.807, 2.05) is 24.5 Å². The Bertz CT molecular complexity index is 258. The highest BCUT2D eigenvalue weighted by Gasteiger charge is 2.06. The first-order valence-corrected chi connectivity index (χ1v) is 4.38. The SMILES string of the molecule is C1=NSCN1c1ccccc1. The Morgan fingerprint density at radius 1 is 1.27 bits per heavy atom. The maximum absolute atomic E-state index is 4.06. The molecule has 2 nitrogen and oxygen atoms in total. The van der Waals surface area contributed by atoms with Gasteiger partial charge in [0.2, 0.25) is 0 Å². The second kappa shape index (κ2) is 2.96. The van der Waals surface area contributed by atoms with Crippen LogP contribution in [0.1, 0.15) is 0 Å². The molecule has 0 aromatic heterocycles. The zero-order chi connectivity index (χ0) is 7.52. The Kier molecular flexibility index (Phi) is 1.81. The van der Waals surface area contributed by atoms with Gasteiger partial charge in [0.1, 0.15) is 6.34 Å². The molecule has 1 aliphatic heterocycles. The molecule has 0 radical (unpaired) electrons. The van der Waals surface area contributed by atoms with Crippen molar-refractivity contribution in [2.24, 2.45) is 4.40 Å². The fourth-order valence-electron chi connectivity index (χ4n) is 0.980. The molecule has 0 saturated carbocycles. The average Bonchev–Trinajstić information content (AvgIpc) is 2.58. The lowest BCUT2D eigenvalue weighted by Gasteiger charge is -2.11. The summed E-state index contributed by atoms with van der Waals surface area (Å²) in [6.45, 7) is 0. The first-order valence-electron chi connectivity index (χ1n) is 3.44. The van der Waals surface area contributed by atoms with Gasteiger partial charge in [-0.3, -0.25) is 0 Å². The van der Waals surface area contributed by atoms with E-state index in [0.29, 0.717) is 0 Å². The van der Waals surface area contributed by atoms with Crippen LogP contribution in [0.5, 0.6) is 0 Å². The van der Waals surface area contributed by atoms with E-state index in [-0.39, 0.29) is 0 Å². The van der Waals surface area contributed by atoms with Crippen LogP contribution in [-0.2, 0) is 0 Å². The summed E-state index contributed by atoms with van der Waals surface area (Å²) < 4.78 is 4.06. The number of benzene rings is 1. The van der Waals surface area contributed by atoms with Crippen LogP contribution in [0.25, 0.3) is 0 Å². The summed E-state index contributed by atoms with van der Waals surface area (Å²) in [5, 5.41) is 0. The van der Waals surface area contributed by atoms with Crippen molar-refractivity contribution < 1.29 is 0 Å². The number of rotatable bonds is 1. The van der Waals surface area contributed by atoms with Crippen molar-refractivity contribution in [3.8, 4) is 0 Å². The minimum absolute atomic E-state index is 0.935. The van der Waals surface area contributed by atoms with Crippen molar-refractivity contribution in [1.29, 1.82) is 0 Å². The van der Waals surface area contributed by atoms with E-state index in [1.54, 1.807) is 11.9 Å². The summed E-state index contributed by atoms with van der Waals surface area (Å²) >= 11 is 1.57. The van der Waals surface area contributed by atoms with Crippen molar-refractivity contribution in [2.75, 3.05) is 10.8 Å². The average molecular weight is 164 g/mol. The van der Waals surface area contributed by atoms with E-state index >= 15 is 0 Å². The molecule has 1 aliphatic rings. The van der Waals surface area contributed by atoms with Crippen LogP contribution in [0.3, 0.4) is 0 Å². The highest BCUT2D eigenvalue weighted by Crippen LogP contribution is 2.19. The third-order valence-electron chi connectivity index (χ3n) is 1.55. The fraction of sp³-hybridized carbons (Fsp3) is 0.125. The molecule has 56 valence electrons. The van der Waals surface area contributed by atoms with E-state index in [4.69, 9.17) is 0 Å². The minimum Gasteiger partial charge on any atom is -0.320 e. The molecular weight excluding hydrogens is 156 g/mol. The molecule has 2 rings (SSSR count). The monoisotopic (exact) mass is 164 g/mol. The number of nitrogens with zero attached hydrogens (tertiary/aromatic N) is 2. The topological polar surface area (TPSA) is 15.6 Å². The van der Waals surface area contributed by atoms with Gasteiger partial charge < -0.3 is 4.90 Å². The predicted molar refractivity (Wildman–Crippen MR) is 49.9 cm³/mol. The van der Waals surface area contributed by atoms with Crippen LogP contribution in [0, 0.1) is 0 Å². The molecule has 0 atom stereocenters. The van der Waals surface area contributed by atoms with E-state index in [9.17, 15) is 0 Å². The molecule has 11 heavy (non-hydrogen) atoms. The number of hydrogen-bond acceptors (Lipinski definition) is 3. The van der Waals surface area contributed by atoms with Crippen LogP contribution in [0.15, 0.2) is 34.7 Å². The van der Waals surface area contributed by atoms with Gasteiger partial charge in [0.25, 0.3) is 0 Å². The minimum atomic E-state index is 0.935. The Balaban J connectivity index is 2.23. The number of para-hydroxylation sites is 1. The Morgan fingerprint density at radius 2 is 2.09 bits per heavy atom. The van der Waals surface area contributed by atoms with Crippen LogP contribution >= 0.6 is 11.9 Å². The van der Waals surface area contributed by atoms with E-state index < -0.39 is 0 Å². The van der Waals surface area contributed by atoms with Crippen molar-refractivity contribution >= 4 is 24.0 Å². The lowest BCUT2D eigenvalue weighted by Crippen LogP contribution is -2.15. The van der Waals surface area contributed by atoms with Gasteiger partial charge in [0.15, 0.2) is 0 Å². The van der Waals surface area contributed by atoms with Gasteiger partial charge in [-0.15, -0.1) is 0 Å². The highest BCUT2D eigenvalue weighted by atomic mass is 32.2. The first kappa shape index (κ1) is 6.73. The van der Waals surface area contributed by atoms with Crippen LogP contribution in [-0.4, -0.2) is 12.2 Å². The van der Waals surface area contributed by atoms with Crippen LogP contribution < -0.4 is 4.90 Å². The van der Waals surface area contributed by atoms with Gasteiger partial charge in [-0.25, -0.2) is 4.40 Å². The summed E-state index contributed by atoms with van der Waals surface area (Å²) in [6.07, 6.45) is 1.86. The molecule has 3 heteroatoms. The maximum atomic E-state index is 4.06. The summed E-state index contributed by atoms with van der Waals surface area (Å²) in [4.78, 5) is 2.12. The molecule has 0 unspecified atom stereocenters. The molecule has 0 saturated heterocycles. The fourth-order valence-corrected chi connectivity index (χ4v) is 1.57. The molecule has 0 spiro atoms. The quantitative estimate of drug-likeness (QED) is 0.591. The molecule has 0 bridgehead atoms. The zero-order valence-corrected chi connectivity index (χ0v) is 6.79. The third kappa shape index (κ3) is 1.38. The molecule has 0 amide bonds. The number of hydrogen-bond donors (Lipinski definition) is 0. The van der Waals surface area contributed by atoms with Gasteiger partial charge in [-0.2, -0.15) is 0 Å². The van der Waals surface area contributed by atoms with Crippen molar-refractivity contribution in [1.82, 2.24) is 0 Å². The summed E-state index contributed by atoms with van der Waals surface area (Å²) in [5.74, 6) is 0.935. The second-order valence-corrected chi connectivity index (χ2v) is 3.01. The Morgan fingerprint density at radius 3 is 2.73 bits per heavy atom. The van der Waals surface area contributed by atoms with Crippen molar-refractivity contribution in [3.63, 3.8) is 0 Å². The zero-order valence-electron chi connectivity index (χ0n) is 5.97. The maximum Gasteiger partial charge on any atom is 0.104 e. The van der Waals surface area contributed by atoms with Crippen LogP contribution in [0.2, 0.25) is 0 Å². The molecule has 1 heterocycles. The molecule has 0 fully saturated rings. The Labute approximate surface area is 70.1 Å². The molecule has 0 aliphatic carbocycles. The van der Waals surface area contributed by atoms with Crippen molar-refractivity contribution in [3.05, 3.63) is 30.3 Å². The molecule has 0 N–H and O–H groups in total. The largest absolute Gasteiger partial charge is 0.320 e. The smallest absolute Gasteiger partial charge is 0.104 e. The van der Waals surface area contributed by atoms with Gasteiger partial charge in [-0.05, 0) is 24.1 Å². The van der Waals surface area contributed by atoms with Crippen LogP contribution in [0.4, 0.5) is 5.69 Å². The lowest BCUT2D eigenvalue weighted by atomic mass is 10.3. The summed E-state index contributed by atoms with van der Waals surface area (Å²) in [7, 11) is 0. The van der Waals surface area contributed by atoms with Gasteiger partial charge in [0, 0.05) is 5.69 Å². The van der Waals surface area contributed by atoms with Gasteiger partial charge in [0.05, 0.1) is 5.88 Å². The van der Waals surface area contributed by atoms with E-state index in [1.165, 1.54) is 5.69 Å².